The van der Waals surface area contributed by atoms with E-state index in [1.807, 2.05) is 12.1 Å². The summed E-state index contributed by atoms with van der Waals surface area (Å²) in [7, 11) is -0.0150. The molecule has 1 amide bonds. The molecule has 1 aromatic carbocycles. The number of ether oxygens (including phenoxy) is 1. The largest absolute Gasteiger partial charge is 0.496 e. The number of hydrogen-bond donors (Lipinski definition) is 2. The van der Waals surface area contributed by atoms with Gasteiger partial charge in [-0.15, -0.1) is 0 Å². The van der Waals surface area contributed by atoms with Crippen molar-refractivity contribution in [3.05, 3.63) is 42.2 Å². The quantitative estimate of drug-likeness (QED) is 0.538. The molecule has 11 heteroatoms. The normalized spacial score (nSPS) is 19.0. The minimum atomic E-state index is -3.20. The first-order valence-electron chi connectivity index (χ1n) is 10.7. The first-order valence-corrected chi connectivity index (χ1v) is 12.5. The molecule has 1 saturated carbocycles. The lowest BCUT2D eigenvalue weighted by Crippen LogP contribution is -2.41. The maximum atomic E-state index is 12.1. The van der Waals surface area contributed by atoms with Crippen LogP contribution in [0.3, 0.4) is 0 Å². The molecule has 0 aliphatic heterocycles. The van der Waals surface area contributed by atoms with E-state index in [4.69, 9.17) is 10.5 Å². The SMILES string of the molecule is COc1cccc2c1c(C(N)=O)cn2-c1ccnc(NC2CCC(N(C)S(C)(=O)=O)CC2)n1. The number of carbonyl (C=O) groups excluding carboxylic acids is 1. The Kier molecular flexibility index (Phi) is 6.26. The third-order valence-electron chi connectivity index (χ3n) is 6.23. The minimum absolute atomic E-state index is 0.0127. The molecule has 1 aliphatic carbocycles. The molecule has 0 spiro atoms. The van der Waals surface area contributed by atoms with Crippen molar-refractivity contribution in [3.8, 4) is 11.6 Å². The van der Waals surface area contributed by atoms with Crippen molar-refractivity contribution in [1.82, 2.24) is 18.8 Å². The lowest BCUT2D eigenvalue weighted by molar-refractivity contribution is 0.100. The standard InChI is InChI=1S/C22H28N6O4S/c1-27(33(3,30)31)15-9-7-14(8-10-15)25-22-24-12-11-19(26-22)28-13-16(21(23)29)20-17(28)5-4-6-18(20)32-2/h4-6,11-15H,7-10H2,1-3H3,(H2,23,29)(H,24,25,26). The maximum Gasteiger partial charge on any atom is 0.251 e. The smallest absolute Gasteiger partial charge is 0.251 e. The zero-order valence-electron chi connectivity index (χ0n) is 18.9. The van der Waals surface area contributed by atoms with E-state index in [9.17, 15) is 13.2 Å². The van der Waals surface area contributed by atoms with Crippen molar-refractivity contribution in [2.75, 3.05) is 25.7 Å². The average molecular weight is 473 g/mol. The monoisotopic (exact) mass is 472 g/mol. The van der Waals surface area contributed by atoms with E-state index in [2.05, 4.69) is 15.3 Å². The molecule has 0 saturated heterocycles. The first kappa shape index (κ1) is 23.0. The average Bonchev–Trinajstić information content (AvgIpc) is 3.19. The summed E-state index contributed by atoms with van der Waals surface area (Å²) >= 11 is 0. The van der Waals surface area contributed by atoms with Gasteiger partial charge in [-0.1, -0.05) is 6.07 Å². The molecule has 0 radical (unpaired) electrons. The van der Waals surface area contributed by atoms with Crippen molar-refractivity contribution in [3.63, 3.8) is 0 Å². The number of aromatic nitrogens is 3. The van der Waals surface area contributed by atoms with Crippen LogP contribution in [0.5, 0.6) is 5.75 Å². The van der Waals surface area contributed by atoms with Gasteiger partial charge in [0.05, 0.1) is 29.8 Å². The Morgan fingerprint density at radius 3 is 2.61 bits per heavy atom. The molecule has 1 fully saturated rings. The second-order valence-electron chi connectivity index (χ2n) is 8.30. The molecule has 176 valence electrons. The summed E-state index contributed by atoms with van der Waals surface area (Å²) in [4.78, 5) is 21.1. The summed E-state index contributed by atoms with van der Waals surface area (Å²) < 4.78 is 32.3. The number of hydrogen-bond acceptors (Lipinski definition) is 7. The van der Waals surface area contributed by atoms with Crippen molar-refractivity contribution in [1.29, 1.82) is 0 Å². The van der Waals surface area contributed by atoms with Gasteiger partial charge in [0, 0.05) is 31.5 Å². The van der Waals surface area contributed by atoms with Gasteiger partial charge >= 0.3 is 0 Å². The Balaban J connectivity index is 1.56. The zero-order valence-corrected chi connectivity index (χ0v) is 19.7. The number of fused-ring (bicyclic) bond motifs is 1. The molecular weight excluding hydrogens is 444 g/mol. The Morgan fingerprint density at radius 2 is 1.97 bits per heavy atom. The number of benzene rings is 1. The maximum absolute atomic E-state index is 12.1. The fourth-order valence-corrected chi connectivity index (χ4v) is 5.14. The highest BCUT2D eigenvalue weighted by Gasteiger charge is 2.28. The van der Waals surface area contributed by atoms with Gasteiger partial charge < -0.3 is 20.4 Å². The van der Waals surface area contributed by atoms with Gasteiger partial charge in [0.1, 0.15) is 11.6 Å². The highest BCUT2D eigenvalue weighted by Crippen LogP contribution is 2.32. The number of nitrogens with two attached hydrogens (primary N) is 1. The van der Waals surface area contributed by atoms with Crippen LogP contribution in [0, 0.1) is 0 Å². The predicted octanol–water partition coefficient (Wildman–Crippen LogP) is 2.14. The molecule has 0 unspecified atom stereocenters. The number of primary amides is 1. The molecule has 33 heavy (non-hydrogen) atoms. The van der Waals surface area contributed by atoms with Crippen LogP contribution < -0.4 is 15.8 Å². The highest BCUT2D eigenvalue weighted by atomic mass is 32.2. The number of anilines is 1. The van der Waals surface area contributed by atoms with Crippen molar-refractivity contribution in [2.45, 2.75) is 37.8 Å². The van der Waals surface area contributed by atoms with E-state index < -0.39 is 15.9 Å². The summed E-state index contributed by atoms with van der Waals surface area (Å²) in [6.07, 6.45) is 7.72. The summed E-state index contributed by atoms with van der Waals surface area (Å²) in [6.45, 7) is 0. The Morgan fingerprint density at radius 1 is 1.24 bits per heavy atom. The fraction of sp³-hybridized carbons (Fsp3) is 0.409. The van der Waals surface area contributed by atoms with Gasteiger partial charge in [-0.2, -0.15) is 4.98 Å². The third kappa shape index (κ3) is 4.64. The van der Waals surface area contributed by atoms with Gasteiger partial charge in [0.2, 0.25) is 16.0 Å². The lowest BCUT2D eigenvalue weighted by atomic mass is 9.91. The molecule has 3 aromatic rings. The lowest BCUT2D eigenvalue weighted by Gasteiger charge is -2.33. The molecular formula is C22H28N6O4S. The second-order valence-corrected chi connectivity index (χ2v) is 10.3. The number of nitrogens with one attached hydrogen (secondary N) is 1. The van der Waals surface area contributed by atoms with Crippen LogP contribution >= 0.6 is 0 Å². The van der Waals surface area contributed by atoms with E-state index in [0.29, 0.717) is 28.5 Å². The molecule has 3 N–H and O–H groups in total. The van der Waals surface area contributed by atoms with Gasteiger partial charge in [-0.05, 0) is 43.9 Å². The number of rotatable bonds is 7. The summed E-state index contributed by atoms with van der Waals surface area (Å²) in [5.74, 6) is 1.07. The topological polar surface area (TPSA) is 132 Å². The second kappa shape index (κ2) is 8.99. The van der Waals surface area contributed by atoms with Crippen LogP contribution in [0.2, 0.25) is 0 Å². The van der Waals surface area contributed by atoms with Crippen molar-refractivity contribution in [2.24, 2.45) is 5.73 Å². The van der Waals surface area contributed by atoms with E-state index >= 15 is 0 Å². The summed E-state index contributed by atoms with van der Waals surface area (Å²) in [6, 6.07) is 7.41. The van der Waals surface area contributed by atoms with Crippen LogP contribution in [0.15, 0.2) is 36.7 Å². The fourth-order valence-electron chi connectivity index (χ4n) is 4.39. The number of methoxy groups -OCH3 is 1. The molecule has 10 nitrogen and oxygen atoms in total. The molecule has 2 heterocycles. The number of amides is 1. The van der Waals surface area contributed by atoms with E-state index in [-0.39, 0.29) is 12.1 Å². The molecule has 0 bridgehead atoms. The Bertz CT molecular complexity index is 1280. The third-order valence-corrected chi connectivity index (χ3v) is 7.58. The first-order chi connectivity index (χ1) is 15.7. The van der Waals surface area contributed by atoms with Crippen LogP contribution in [0.4, 0.5) is 5.95 Å². The van der Waals surface area contributed by atoms with Crippen molar-refractivity contribution < 1.29 is 17.9 Å². The molecule has 0 atom stereocenters. The van der Waals surface area contributed by atoms with Gasteiger partial charge in [-0.25, -0.2) is 17.7 Å². The van der Waals surface area contributed by atoms with Gasteiger partial charge in [0.15, 0.2) is 0 Å². The van der Waals surface area contributed by atoms with Crippen molar-refractivity contribution >= 4 is 32.8 Å². The van der Waals surface area contributed by atoms with E-state index in [1.165, 1.54) is 10.6 Å². The van der Waals surface area contributed by atoms with E-state index in [0.717, 1.165) is 31.2 Å². The molecule has 1 aliphatic rings. The van der Waals surface area contributed by atoms with Gasteiger partial charge in [0.25, 0.3) is 5.91 Å². The summed E-state index contributed by atoms with van der Waals surface area (Å²) in [5.41, 5.74) is 6.71. The number of carbonyl (C=O) groups is 1. The van der Waals surface area contributed by atoms with Crippen LogP contribution in [-0.4, -0.2) is 65.7 Å². The predicted molar refractivity (Wildman–Crippen MR) is 126 cm³/mol. The number of sulfonamides is 1. The number of nitrogens with zero attached hydrogens (tertiary/aromatic N) is 4. The van der Waals surface area contributed by atoms with Crippen LogP contribution in [0.1, 0.15) is 36.0 Å². The minimum Gasteiger partial charge on any atom is -0.496 e. The molecule has 2 aromatic heterocycles. The van der Waals surface area contributed by atoms with Crippen LogP contribution in [-0.2, 0) is 10.0 Å². The Labute approximate surface area is 192 Å². The highest BCUT2D eigenvalue weighted by molar-refractivity contribution is 7.88. The zero-order chi connectivity index (χ0) is 23.8. The Hall–Kier alpha value is -3.18. The summed E-state index contributed by atoms with van der Waals surface area (Å²) in [5, 5.41) is 4.00. The van der Waals surface area contributed by atoms with E-state index in [1.54, 1.807) is 43.3 Å². The van der Waals surface area contributed by atoms with Crippen LogP contribution in [0.25, 0.3) is 16.7 Å². The molecule has 4 rings (SSSR count). The van der Waals surface area contributed by atoms with Gasteiger partial charge in [-0.3, -0.25) is 4.79 Å².